The Balaban J connectivity index is 3.63. The van der Waals surface area contributed by atoms with Gasteiger partial charge in [0.2, 0.25) is 5.91 Å². The van der Waals surface area contributed by atoms with Gasteiger partial charge in [-0.2, -0.15) is 0 Å². The Bertz CT molecular complexity index is 136. The molecule has 52 valence electrons. The van der Waals surface area contributed by atoms with E-state index < -0.39 is 11.9 Å². The van der Waals surface area contributed by atoms with Gasteiger partial charge in [0.05, 0.1) is 0 Å². The number of nitrogens with two attached hydrogens (primary N) is 2. The lowest BCUT2D eigenvalue weighted by Crippen LogP contribution is -2.44. The summed E-state index contributed by atoms with van der Waals surface area (Å²) < 4.78 is 0. The largest absolute Gasteiger partial charge is 0.376 e. The molecule has 5 N–H and O–H groups in total. The topological polar surface area (TPSA) is 81.1 Å². The van der Waals surface area contributed by atoms with Crippen molar-refractivity contribution in [2.45, 2.75) is 13.0 Å². The second-order valence-corrected chi connectivity index (χ2v) is 2.07. The van der Waals surface area contributed by atoms with Crippen molar-refractivity contribution in [1.82, 2.24) is 5.32 Å². The molecule has 0 aromatic heterocycles. The Morgan fingerprint density at radius 2 is 2.11 bits per heavy atom. The average molecular weight is 147 g/mol. The standard InChI is InChI=1S/C4H9N3OS/c1-2(3(5)8)7-4(6)9/h2H,1H3,(H2,5,8)(H3,6,7,9). The molecule has 0 spiro atoms. The van der Waals surface area contributed by atoms with E-state index in [0.29, 0.717) is 0 Å². The number of carbonyl (C=O) groups is 1. The SMILES string of the molecule is CC(NC(N)=S)C(N)=O. The van der Waals surface area contributed by atoms with E-state index in [2.05, 4.69) is 17.5 Å². The number of nitrogens with one attached hydrogen (secondary N) is 1. The fourth-order valence-electron chi connectivity index (χ4n) is 0.285. The van der Waals surface area contributed by atoms with Gasteiger partial charge in [-0.15, -0.1) is 0 Å². The summed E-state index contributed by atoms with van der Waals surface area (Å²) in [5.74, 6) is -0.470. The van der Waals surface area contributed by atoms with Crippen molar-refractivity contribution in [3.05, 3.63) is 0 Å². The first-order valence-corrected chi connectivity index (χ1v) is 2.80. The van der Waals surface area contributed by atoms with E-state index in [9.17, 15) is 4.79 Å². The highest BCUT2D eigenvalue weighted by molar-refractivity contribution is 7.80. The molecule has 0 heterocycles. The Kier molecular flexibility index (Phi) is 2.94. The fourth-order valence-corrected chi connectivity index (χ4v) is 0.461. The Labute approximate surface area is 58.6 Å². The summed E-state index contributed by atoms with van der Waals surface area (Å²) >= 11 is 4.45. The van der Waals surface area contributed by atoms with Crippen LogP contribution in [0.3, 0.4) is 0 Å². The smallest absolute Gasteiger partial charge is 0.239 e. The second kappa shape index (κ2) is 3.24. The van der Waals surface area contributed by atoms with E-state index >= 15 is 0 Å². The number of carbonyl (C=O) groups excluding carboxylic acids is 1. The van der Waals surface area contributed by atoms with Gasteiger partial charge in [0.15, 0.2) is 5.11 Å². The molecule has 0 saturated carbocycles. The van der Waals surface area contributed by atoms with Gasteiger partial charge in [0.25, 0.3) is 0 Å². The van der Waals surface area contributed by atoms with Crippen molar-refractivity contribution in [2.75, 3.05) is 0 Å². The molecule has 0 saturated heterocycles. The zero-order valence-corrected chi connectivity index (χ0v) is 5.87. The molecule has 9 heavy (non-hydrogen) atoms. The van der Waals surface area contributed by atoms with Crippen LogP contribution in [0.4, 0.5) is 0 Å². The minimum atomic E-state index is -0.484. The third-order valence-electron chi connectivity index (χ3n) is 0.786. The van der Waals surface area contributed by atoms with Crippen LogP contribution < -0.4 is 16.8 Å². The molecule has 0 rings (SSSR count). The quantitative estimate of drug-likeness (QED) is 0.424. The van der Waals surface area contributed by atoms with Crippen molar-refractivity contribution in [3.63, 3.8) is 0 Å². The van der Waals surface area contributed by atoms with Crippen molar-refractivity contribution in [3.8, 4) is 0 Å². The first-order chi connectivity index (χ1) is 4.04. The Morgan fingerprint density at radius 1 is 1.67 bits per heavy atom. The number of hydrogen-bond donors (Lipinski definition) is 3. The highest BCUT2D eigenvalue weighted by Gasteiger charge is 2.06. The lowest BCUT2D eigenvalue weighted by Gasteiger charge is -2.07. The molecule has 0 bridgehead atoms. The molecule has 0 aromatic carbocycles. The van der Waals surface area contributed by atoms with Crippen LogP contribution in [-0.4, -0.2) is 17.1 Å². The molecule has 1 atom stereocenters. The molecule has 0 aliphatic carbocycles. The van der Waals surface area contributed by atoms with Gasteiger partial charge in [-0.25, -0.2) is 0 Å². The van der Waals surface area contributed by atoms with Crippen molar-refractivity contribution in [2.24, 2.45) is 11.5 Å². The van der Waals surface area contributed by atoms with Gasteiger partial charge in [-0.05, 0) is 19.1 Å². The number of hydrogen-bond acceptors (Lipinski definition) is 2. The molecular weight excluding hydrogens is 138 g/mol. The Hall–Kier alpha value is -0.840. The summed E-state index contributed by atoms with van der Waals surface area (Å²) in [7, 11) is 0. The lowest BCUT2D eigenvalue weighted by atomic mass is 10.3. The number of primary amides is 1. The van der Waals surface area contributed by atoms with E-state index in [1.165, 1.54) is 0 Å². The minimum absolute atomic E-state index is 0.0845. The molecule has 1 unspecified atom stereocenters. The summed E-state index contributed by atoms with van der Waals surface area (Å²) in [6.45, 7) is 1.58. The van der Waals surface area contributed by atoms with Crippen LogP contribution in [-0.2, 0) is 4.79 Å². The van der Waals surface area contributed by atoms with Crippen LogP contribution in [0, 0.1) is 0 Å². The molecule has 0 fully saturated rings. The van der Waals surface area contributed by atoms with E-state index in [-0.39, 0.29) is 5.11 Å². The third kappa shape index (κ3) is 3.72. The maximum Gasteiger partial charge on any atom is 0.239 e. The summed E-state index contributed by atoms with van der Waals surface area (Å²) in [5, 5.41) is 2.56. The number of thiocarbonyl (C=S) groups is 1. The van der Waals surface area contributed by atoms with Crippen LogP contribution in [0.5, 0.6) is 0 Å². The van der Waals surface area contributed by atoms with E-state index in [1.54, 1.807) is 6.92 Å². The fraction of sp³-hybridized carbons (Fsp3) is 0.500. The number of amides is 1. The predicted molar refractivity (Wildman–Crippen MR) is 38.6 cm³/mol. The lowest BCUT2D eigenvalue weighted by molar-refractivity contribution is -0.119. The summed E-state index contributed by atoms with van der Waals surface area (Å²) in [6, 6.07) is -0.484. The normalized spacial score (nSPS) is 12.1. The van der Waals surface area contributed by atoms with Crippen molar-refractivity contribution >= 4 is 23.2 Å². The van der Waals surface area contributed by atoms with Crippen LogP contribution in [0.15, 0.2) is 0 Å². The number of rotatable bonds is 2. The van der Waals surface area contributed by atoms with Gasteiger partial charge < -0.3 is 16.8 Å². The highest BCUT2D eigenvalue weighted by Crippen LogP contribution is 1.75. The molecule has 0 aliphatic heterocycles. The first-order valence-electron chi connectivity index (χ1n) is 2.39. The van der Waals surface area contributed by atoms with Crippen LogP contribution in [0.25, 0.3) is 0 Å². The zero-order valence-electron chi connectivity index (χ0n) is 5.05. The van der Waals surface area contributed by atoms with Gasteiger partial charge in [0.1, 0.15) is 6.04 Å². The minimum Gasteiger partial charge on any atom is -0.376 e. The Morgan fingerprint density at radius 3 is 2.22 bits per heavy atom. The molecule has 0 aliphatic rings. The van der Waals surface area contributed by atoms with Gasteiger partial charge >= 0.3 is 0 Å². The zero-order chi connectivity index (χ0) is 7.44. The molecule has 4 nitrogen and oxygen atoms in total. The van der Waals surface area contributed by atoms with Crippen LogP contribution >= 0.6 is 12.2 Å². The molecule has 0 aromatic rings. The van der Waals surface area contributed by atoms with E-state index in [0.717, 1.165) is 0 Å². The average Bonchev–Trinajstić information content (AvgIpc) is 1.63. The van der Waals surface area contributed by atoms with Gasteiger partial charge in [0, 0.05) is 0 Å². The van der Waals surface area contributed by atoms with Gasteiger partial charge in [-0.1, -0.05) is 0 Å². The summed E-state index contributed by atoms with van der Waals surface area (Å²) in [4.78, 5) is 10.3. The molecule has 5 heteroatoms. The third-order valence-corrected chi connectivity index (χ3v) is 0.903. The van der Waals surface area contributed by atoms with Gasteiger partial charge in [-0.3, -0.25) is 4.79 Å². The predicted octanol–water partition coefficient (Wildman–Crippen LogP) is -1.31. The van der Waals surface area contributed by atoms with Crippen LogP contribution in [0.1, 0.15) is 6.92 Å². The first kappa shape index (κ1) is 8.16. The monoisotopic (exact) mass is 147 g/mol. The molecule has 1 amide bonds. The van der Waals surface area contributed by atoms with Crippen molar-refractivity contribution in [1.29, 1.82) is 0 Å². The summed E-state index contributed by atoms with van der Waals surface area (Å²) in [5.41, 5.74) is 9.91. The maximum atomic E-state index is 10.3. The highest BCUT2D eigenvalue weighted by atomic mass is 32.1. The molecular formula is C4H9N3OS. The molecule has 0 radical (unpaired) electrons. The van der Waals surface area contributed by atoms with Crippen LogP contribution in [0.2, 0.25) is 0 Å². The van der Waals surface area contributed by atoms with E-state index in [1.807, 2.05) is 0 Å². The summed E-state index contributed by atoms with van der Waals surface area (Å²) in [6.07, 6.45) is 0. The maximum absolute atomic E-state index is 10.3. The second-order valence-electron chi connectivity index (χ2n) is 1.63. The van der Waals surface area contributed by atoms with E-state index in [4.69, 9.17) is 11.5 Å². The van der Waals surface area contributed by atoms with Crippen molar-refractivity contribution < 1.29 is 4.79 Å².